The molecule has 2 fully saturated rings. The van der Waals surface area contributed by atoms with Gasteiger partial charge in [0.25, 0.3) is 5.91 Å². The van der Waals surface area contributed by atoms with E-state index in [-0.39, 0.29) is 71.9 Å². The first-order valence-electron chi connectivity index (χ1n) is 10.8. The van der Waals surface area contributed by atoms with Gasteiger partial charge in [0, 0.05) is 45.8 Å². The van der Waals surface area contributed by atoms with Gasteiger partial charge in [0.2, 0.25) is 6.10 Å². The summed E-state index contributed by atoms with van der Waals surface area (Å²) in [6, 6.07) is 0. The van der Waals surface area contributed by atoms with E-state index < -0.39 is 47.4 Å². The minimum atomic E-state index is -2.11. The standard InChI is InChI=1S/C20H30N2O12/c1-13(25)30-11-4-20(12-22(5-7-23)6-8-24,19(29)33-14-2-9-31-16(14)26)18(28)21-34-15-3-10-32-17(15)27/h14-15,23-24H,2-12H2,1H3,(H,21,28). The number of aliphatic hydroxyl groups is 2. The third-order valence-electron chi connectivity index (χ3n) is 5.30. The lowest BCUT2D eigenvalue weighted by Gasteiger charge is -2.35. The normalized spacial score (nSPS) is 21.5. The number of nitrogens with one attached hydrogen (secondary N) is 1. The second kappa shape index (κ2) is 13.2. The van der Waals surface area contributed by atoms with Gasteiger partial charge in [0.05, 0.1) is 33.0 Å². The Labute approximate surface area is 195 Å². The molecule has 0 aromatic rings. The zero-order valence-electron chi connectivity index (χ0n) is 18.9. The van der Waals surface area contributed by atoms with Crippen molar-refractivity contribution in [3.8, 4) is 0 Å². The molecule has 0 bridgehead atoms. The van der Waals surface area contributed by atoms with Gasteiger partial charge in [-0.2, -0.15) is 0 Å². The van der Waals surface area contributed by atoms with Crippen LogP contribution in [0.15, 0.2) is 0 Å². The predicted molar refractivity (Wildman–Crippen MR) is 108 cm³/mol. The zero-order valence-corrected chi connectivity index (χ0v) is 18.9. The molecule has 2 heterocycles. The molecule has 2 saturated heterocycles. The first-order chi connectivity index (χ1) is 16.2. The molecule has 2 aliphatic heterocycles. The number of carbonyl (C=O) groups excluding carboxylic acids is 5. The predicted octanol–water partition coefficient (Wildman–Crippen LogP) is -2.57. The monoisotopic (exact) mass is 490 g/mol. The molecule has 192 valence electrons. The Kier molecular flexibility index (Phi) is 10.6. The van der Waals surface area contributed by atoms with Crippen LogP contribution in [0.1, 0.15) is 26.2 Å². The number of hydrogen-bond donors (Lipinski definition) is 3. The van der Waals surface area contributed by atoms with Crippen molar-refractivity contribution in [2.75, 3.05) is 52.7 Å². The van der Waals surface area contributed by atoms with Gasteiger partial charge in [0.1, 0.15) is 0 Å². The SMILES string of the molecule is CC(=O)OCCC(CN(CCO)CCO)(C(=O)NOC1CCOC1=O)C(=O)OC1CCOC1=O. The maximum atomic E-state index is 13.4. The summed E-state index contributed by atoms with van der Waals surface area (Å²) < 4.78 is 19.8. The summed E-state index contributed by atoms with van der Waals surface area (Å²) in [5.74, 6) is -4.27. The van der Waals surface area contributed by atoms with Crippen LogP contribution < -0.4 is 5.48 Å². The lowest BCUT2D eigenvalue weighted by atomic mass is 9.82. The number of amides is 1. The fraction of sp³-hybridized carbons (Fsp3) is 0.750. The molecule has 1 amide bonds. The Morgan fingerprint density at radius 3 is 2.15 bits per heavy atom. The van der Waals surface area contributed by atoms with E-state index in [1.807, 2.05) is 0 Å². The van der Waals surface area contributed by atoms with Gasteiger partial charge in [-0.25, -0.2) is 15.1 Å². The van der Waals surface area contributed by atoms with E-state index >= 15 is 0 Å². The van der Waals surface area contributed by atoms with Crippen LogP contribution in [-0.2, 0) is 47.8 Å². The minimum Gasteiger partial charge on any atom is -0.466 e. The smallest absolute Gasteiger partial charge is 0.347 e. The average Bonchev–Trinajstić information content (AvgIpc) is 3.38. The molecule has 14 nitrogen and oxygen atoms in total. The Morgan fingerprint density at radius 2 is 1.65 bits per heavy atom. The molecule has 0 aliphatic carbocycles. The molecule has 0 radical (unpaired) electrons. The fourth-order valence-electron chi connectivity index (χ4n) is 3.46. The van der Waals surface area contributed by atoms with Crippen molar-refractivity contribution in [1.82, 2.24) is 10.4 Å². The van der Waals surface area contributed by atoms with E-state index in [4.69, 9.17) is 23.8 Å². The largest absolute Gasteiger partial charge is 0.466 e. The van der Waals surface area contributed by atoms with Gasteiger partial charge in [0.15, 0.2) is 11.5 Å². The third kappa shape index (κ3) is 7.35. The molecule has 2 rings (SSSR count). The Hall–Kier alpha value is -2.81. The van der Waals surface area contributed by atoms with Crippen molar-refractivity contribution in [3.63, 3.8) is 0 Å². The molecule has 2 aliphatic rings. The summed E-state index contributed by atoms with van der Waals surface area (Å²) in [4.78, 5) is 68.1. The third-order valence-corrected chi connectivity index (χ3v) is 5.30. The molecule has 0 spiro atoms. The first kappa shape index (κ1) is 27.4. The van der Waals surface area contributed by atoms with Gasteiger partial charge in [-0.15, -0.1) is 0 Å². The molecule has 3 atom stereocenters. The van der Waals surface area contributed by atoms with Crippen LogP contribution in [0.25, 0.3) is 0 Å². The number of hydrogen-bond acceptors (Lipinski definition) is 13. The maximum Gasteiger partial charge on any atom is 0.347 e. The number of nitrogens with zero attached hydrogens (tertiary/aromatic N) is 1. The summed E-state index contributed by atoms with van der Waals surface area (Å²) in [7, 11) is 0. The maximum absolute atomic E-state index is 13.4. The number of cyclic esters (lactones) is 2. The summed E-state index contributed by atoms with van der Waals surface area (Å²) in [5.41, 5.74) is -0.0142. The van der Waals surface area contributed by atoms with E-state index in [2.05, 4.69) is 5.48 Å². The van der Waals surface area contributed by atoms with Crippen molar-refractivity contribution in [1.29, 1.82) is 0 Å². The number of aliphatic hydroxyl groups excluding tert-OH is 2. The van der Waals surface area contributed by atoms with E-state index in [0.29, 0.717) is 0 Å². The molecule has 34 heavy (non-hydrogen) atoms. The van der Waals surface area contributed by atoms with Gasteiger partial charge >= 0.3 is 23.9 Å². The molecular formula is C20H30N2O12. The van der Waals surface area contributed by atoms with Gasteiger partial charge in [-0.05, 0) is 0 Å². The van der Waals surface area contributed by atoms with Crippen LogP contribution in [0.2, 0.25) is 0 Å². The van der Waals surface area contributed by atoms with Crippen molar-refractivity contribution in [3.05, 3.63) is 0 Å². The molecule has 14 heteroatoms. The molecular weight excluding hydrogens is 460 g/mol. The van der Waals surface area contributed by atoms with Crippen LogP contribution in [0.3, 0.4) is 0 Å². The van der Waals surface area contributed by atoms with E-state index in [1.165, 1.54) is 4.90 Å². The first-order valence-corrected chi connectivity index (χ1v) is 10.8. The summed E-state index contributed by atoms with van der Waals surface area (Å²) in [6.45, 7) is -0.208. The summed E-state index contributed by atoms with van der Waals surface area (Å²) >= 11 is 0. The number of rotatable bonds is 14. The Morgan fingerprint density at radius 1 is 1.06 bits per heavy atom. The van der Waals surface area contributed by atoms with E-state index in [0.717, 1.165) is 6.92 Å². The lowest BCUT2D eigenvalue weighted by molar-refractivity contribution is -0.179. The highest BCUT2D eigenvalue weighted by Gasteiger charge is 2.51. The average molecular weight is 490 g/mol. The second-order valence-corrected chi connectivity index (χ2v) is 7.74. The highest BCUT2D eigenvalue weighted by Crippen LogP contribution is 2.29. The Bertz CT molecular complexity index is 754. The van der Waals surface area contributed by atoms with Crippen molar-refractivity contribution in [2.45, 2.75) is 38.4 Å². The van der Waals surface area contributed by atoms with Crippen LogP contribution in [0.4, 0.5) is 0 Å². The molecule has 3 N–H and O–H groups in total. The van der Waals surface area contributed by atoms with Gasteiger partial charge < -0.3 is 29.2 Å². The minimum absolute atomic E-state index is 0.0162. The van der Waals surface area contributed by atoms with E-state index in [9.17, 15) is 34.2 Å². The molecule has 0 aromatic carbocycles. The highest BCUT2D eigenvalue weighted by atomic mass is 16.7. The quantitative estimate of drug-likeness (QED) is 0.0999. The number of hydroxylamine groups is 1. The van der Waals surface area contributed by atoms with Crippen LogP contribution >= 0.6 is 0 Å². The summed E-state index contributed by atoms with van der Waals surface area (Å²) in [5, 5.41) is 18.8. The Balaban J connectivity index is 2.33. The number of carbonyl (C=O) groups is 5. The topological polar surface area (TPSA) is 187 Å². The van der Waals surface area contributed by atoms with Crippen molar-refractivity contribution < 1.29 is 58.0 Å². The van der Waals surface area contributed by atoms with E-state index in [1.54, 1.807) is 0 Å². The van der Waals surface area contributed by atoms with Gasteiger partial charge in [-0.1, -0.05) is 0 Å². The summed E-state index contributed by atoms with van der Waals surface area (Å²) in [6.07, 6.45) is -2.43. The number of esters is 4. The van der Waals surface area contributed by atoms with Crippen molar-refractivity contribution in [2.24, 2.45) is 5.41 Å². The van der Waals surface area contributed by atoms with Gasteiger partial charge in [-0.3, -0.25) is 24.1 Å². The second-order valence-electron chi connectivity index (χ2n) is 7.74. The lowest BCUT2D eigenvalue weighted by Crippen LogP contribution is -2.56. The fourth-order valence-corrected chi connectivity index (χ4v) is 3.46. The van der Waals surface area contributed by atoms with Crippen LogP contribution in [0.5, 0.6) is 0 Å². The number of ether oxygens (including phenoxy) is 4. The van der Waals surface area contributed by atoms with Crippen molar-refractivity contribution >= 4 is 29.8 Å². The zero-order chi connectivity index (χ0) is 25.1. The molecule has 0 saturated carbocycles. The highest BCUT2D eigenvalue weighted by molar-refractivity contribution is 6.03. The van der Waals surface area contributed by atoms with Crippen LogP contribution in [0, 0.1) is 5.41 Å². The molecule has 3 unspecified atom stereocenters. The van der Waals surface area contributed by atoms with Crippen LogP contribution in [-0.4, -0.2) is 110 Å². The molecule has 0 aromatic heterocycles.